The lowest BCUT2D eigenvalue weighted by Crippen LogP contribution is -2.64. The van der Waals surface area contributed by atoms with E-state index in [1.165, 1.54) is 4.90 Å². The van der Waals surface area contributed by atoms with Gasteiger partial charge in [-0.2, -0.15) is 0 Å². The van der Waals surface area contributed by atoms with E-state index in [9.17, 15) is 24.9 Å². The molecule has 4 atom stereocenters. The second-order valence-electron chi connectivity index (χ2n) is 8.73. The lowest BCUT2D eigenvalue weighted by Gasteiger charge is -2.47. The molecule has 7 heteroatoms. The van der Waals surface area contributed by atoms with Crippen molar-refractivity contribution in [2.24, 2.45) is 11.8 Å². The molecule has 3 aliphatic rings. The summed E-state index contributed by atoms with van der Waals surface area (Å²) >= 11 is 0. The molecule has 2 aromatic rings. The number of aliphatic hydroxyl groups excluding tert-OH is 2. The summed E-state index contributed by atoms with van der Waals surface area (Å²) in [6, 6.07) is 13.1. The quantitative estimate of drug-likeness (QED) is 0.553. The van der Waals surface area contributed by atoms with Gasteiger partial charge in [0, 0.05) is 11.5 Å². The van der Waals surface area contributed by atoms with Crippen LogP contribution in [-0.2, 0) is 9.59 Å². The molecule has 1 aliphatic carbocycles. The van der Waals surface area contributed by atoms with Gasteiger partial charge < -0.3 is 29.8 Å². The van der Waals surface area contributed by atoms with Crippen molar-refractivity contribution < 1.29 is 29.6 Å². The van der Waals surface area contributed by atoms with E-state index in [0.717, 1.165) is 27.8 Å². The van der Waals surface area contributed by atoms with E-state index >= 15 is 0 Å². The number of carbonyl (C=O) groups is 2. The van der Waals surface area contributed by atoms with Gasteiger partial charge in [0.2, 0.25) is 5.91 Å². The van der Waals surface area contributed by atoms with Crippen LogP contribution in [0.2, 0.25) is 0 Å². The van der Waals surface area contributed by atoms with Crippen LogP contribution >= 0.6 is 0 Å². The van der Waals surface area contributed by atoms with Gasteiger partial charge in [-0.15, -0.1) is 0 Å². The molecule has 2 heterocycles. The third-order valence-electron chi connectivity index (χ3n) is 6.99. The van der Waals surface area contributed by atoms with Crippen LogP contribution in [0.3, 0.4) is 0 Å². The van der Waals surface area contributed by atoms with E-state index in [2.05, 4.69) is 0 Å². The second kappa shape index (κ2) is 7.86. The Morgan fingerprint density at radius 1 is 1.18 bits per heavy atom. The average molecular weight is 446 g/mol. The Balaban J connectivity index is 1.51. The fourth-order valence-electron chi connectivity index (χ4n) is 5.52. The zero-order valence-corrected chi connectivity index (χ0v) is 18.3. The molecule has 0 aromatic heterocycles. The Hall–Kier alpha value is -3.42. The molecule has 0 spiro atoms. The fraction of sp³-hybridized carbons (Fsp3) is 0.308. The van der Waals surface area contributed by atoms with Gasteiger partial charge in [-0.25, -0.2) is 0 Å². The molecule has 0 saturated carbocycles. The number of aliphatic carboxylic acids is 1. The van der Waals surface area contributed by atoms with Crippen LogP contribution in [-0.4, -0.2) is 52.3 Å². The Bertz CT molecular complexity index is 1230. The third-order valence-corrected chi connectivity index (χ3v) is 6.99. The largest absolute Gasteiger partial charge is 0.543 e. The zero-order chi connectivity index (χ0) is 23.4. The summed E-state index contributed by atoms with van der Waals surface area (Å²) in [6.45, 7) is 3.28. The monoisotopic (exact) mass is 446 g/mol. The van der Waals surface area contributed by atoms with Gasteiger partial charge in [-0.05, 0) is 40.8 Å². The number of ether oxygens (including phenoxy) is 1. The molecule has 0 radical (unpaired) electrons. The number of carboxylic acids is 1. The highest BCUT2D eigenvalue weighted by atomic mass is 16.5. The first-order valence-corrected chi connectivity index (χ1v) is 11.0. The Morgan fingerprint density at radius 3 is 2.55 bits per heavy atom. The Labute approximate surface area is 191 Å². The molecule has 170 valence electrons. The van der Waals surface area contributed by atoms with E-state index in [4.69, 9.17) is 4.74 Å². The van der Waals surface area contributed by atoms with Crippen molar-refractivity contribution in [2.45, 2.75) is 26.0 Å². The highest BCUT2D eigenvalue weighted by molar-refractivity contribution is 6.03. The van der Waals surface area contributed by atoms with E-state index < -0.39 is 29.9 Å². The number of aliphatic hydroxyl groups is 2. The number of hydrogen-bond acceptors (Lipinski definition) is 6. The Kier molecular flexibility index (Phi) is 5.11. The van der Waals surface area contributed by atoms with Gasteiger partial charge in [-0.1, -0.05) is 49.4 Å². The molecule has 3 unspecified atom stereocenters. The van der Waals surface area contributed by atoms with E-state index in [1.807, 2.05) is 49.4 Å². The predicted octanol–water partition coefficient (Wildman–Crippen LogP) is 1.33. The van der Waals surface area contributed by atoms with Crippen LogP contribution in [0.5, 0.6) is 5.75 Å². The number of carboxylic acid groups (broad SMARTS) is 1. The normalized spacial score (nSPS) is 25.0. The van der Waals surface area contributed by atoms with Gasteiger partial charge in [0.1, 0.15) is 12.4 Å². The van der Waals surface area contributed by atoms with Crippen LogP contribution in [0.15, 0.2) is 59.8 Å². The van der Waals surface area contributed by atoms with Crippen LogP contribution in [0.1, 0.15) is 25.0 Å². The number of fused-ring (bicyclic) bond motifs is 4. The number of β-lactam (4-membered cyclic amide) rings is 1. The van der Waals surface area contributed by atoms with E-state index in [1.54, 1.807) is 13.0 Å². The van der Waals surface area contributed by atoms with Crippen LogP contribution in [0.4, 0.5) is 0 Å². The van der Waals surface area contributed by atoms with Crippen LogP contribution in [0, 0.1) is 11.8 Å². The third kappa shape index (κ3) is 3.03. The smallest absolute Gasteiger partial charge is 0.235 e. The summed E-state index contributed by atoms with van der Waals surface area (Å²) < 4.78 is 6.18. The summed E-state index contributed by atoms with van der Waals surface area (Å²) in [7, 11) is 0. The van der Waals surface area contributed by atoms with Crippen molar-refractivity contribution in [1.29, 1.82) is 0 Å². The first kappa shape index (κ1) is 21.4. The summed E-state index contributed by atoms with van der Waals surface area (Å²) in [5.41, 5.74) is 5.04. The summed E-state index contributed by atoms with van der Waals surface area (Å²) in [5, 5.41) is 31.5. The second-order valence-corrected chi connectivity index (χ2v) is 8.73. The molecule has 2 aromatic carbocycles. The first-order valence-electron chi connectivity index (χ1n) is 11.0. The standard InChI is InChI=1S/C26H25NO6/c1-13-19(24(26(31)32)27-23(13)21(14(2)29)25(27)30)12-33-20-9-5-8-18-16(10-11-28)15-6-3-4-7-17(15)22(18)20/h3-10,13-14,21,23,28-29H,11-12H2,1-2H3,(H,31,32)/p-1/t13-,14?,21?,23?/m0/s1. The minimum absolute atomic E-state index is 0.0189. The molecule has 2 N–H and O–H groups in total. The van der Waals surface area contributed by atoms with Crippen molar-refractivity contribution in [3.63, 3.8) is 0 Å². The number of carbonyl (C=O) groups excluding carboxylic acids is 2. The minimum atomic E-state index is -1.42. The maximum Gasteiger partial charge on any atom is 0.235 e. The van der Waals surface area contributed by atoms with Crippen molar-refractivity contribution in [2.75, 3.05) is 13.2 Å². The summed E-state index contributed by atoms with van der Waals surface area (Å²) in [6.07, 6.45) is 0.895. The molecule has 33 heavy (non-hydrogen) atoms. The number of amides is 1. The SMILES string of the molecule is CC(O)C1C(=O)N2C(C(=O)[O-])=C(COc3cccc4c3-c3ccccc3C4=CCO)[C@H](C)C12. The van der Waals surface area contributed by atoms with Crippen LogP contribution < -0.4 is 9.84 Å². The average Bonchev–Trinajstić information content (AvgIpc) is 3.23. The highest BCUT2D eigenvalue weighted by Gasteiger charge is 2.58. The topological polar surface area (TPSA) is 110 Å². The number of nitrogens with zero attached hydrogens (tertiary/aromatic N) is 1. The highest BCUT2D eigenvalue weighted by Crippen LogP contribution is 2.50. The van der Waals surface area contributed by atoms with Gasteiger partial charge >= 0.3 is 0 Å². The molecule has 1 saturated heterocycles. The fourth-order valence-corrected chi connectivity index (χ4v) is 5.52. The number of hydrogen-bond donors (Lipinski definition) is 2. The van der Waals surface area contributed by atoms with Gasteiger partial charge in [0.15, 0.2) is 0 Å². The zero-order valence-electron chi connectivity index (χ0n) is 18.3. The predicted molar refractivity (Wildman–Crippen MR) is 119 cm³/mol. The summed E-state index contributed by atoms with van der Waals surface area (Å²) in [5.74, 6) is -2.15. The maximum absolute atomic E-state index is 12.5. The van der Waals surface area contributed by atoms with Crippen molar-refractivity contribution in [1.82, 2.24) is 4.90 Å². The van der Waals surface area contributed by atoms with Crippen molar-refractivity contribution in [3.8, 4) is 16.9 Å². The van der Waals surface area contributed by atoms with Gasteiger partial charge in [0.05, 0.1) is 36.3 Å². The van der Waals surface area contributed by atoms with Gasteiger partial charge in [0.25, 0.3) is 0 Å². The maximum atomic E-state index is 12.5. The van der Waals surface area contributed by atoms with Gasteiger partial charge in [-0.3, -0.25) is 4.79 Å². The van der Waals surface area contributed by atoms with E-state index in [-0.39, 0.29) is 24.8 Å². The molecule has 1 fully saturated rings. The molecule has 1 amide bonds. The first-order chi connectivity index (χ1) is 15.9. The molecule has 0 bridgehead atoms. The molecule has 7 nitrogen and oxygen atoms in total. The van der Waals surface area contributed by atoms with E-state index in [0.29, 0.717) is 11.3 Å². The van der Waals surface area contributed by atoms with Crippen LogP contribution in [0.25, 0.3) is 16.7 Å². The Morgan fingerprint density at radius 2 is 1.88 bits per heavy atom. The summed E-state index contributed by atoms with van der Waals surface area (Å²) in [4.78, 5) is 25.7. The lowest BCUT2D eigenvalue weighted by atomic mass is 9.78. The molecule has 5 rings (SSSR count). The lowest BCUT2D eigenvalue weighted by molar-refractivity contribution is -0.301. The molecular weight excluding hydrogens is 422 g/mol. The number of rotatable bonds is 6. The minimum Gasteiger partial charge on any atom is -0.543 e. The van der Waals surface area contributed by atoms with Crippen molar-refractivity contribution in [3.05, 3.63) is 70.9 Å². The number of benzene rings is 2. The molecule has 2 aliphatic heterocycles. The molecular formula is C26H24NO6-. The van der Waals surface area contributed by atoms with Crippen molar-refractivity contribution >= 4 is 17.4 Å².